The number of likely N-dealkylation sites (N-methyl/N-ethyl adjacent to an activating group) is 1. The summed E-state index contributed by atoms with van der Waals surface area (Å²) in [6.07, 6.45) is 4.78. The quantitative estimate of drug-likeness (QED) is 0.687. The first-order valence-electron chi connectivity index (χ1n) is 6.09. The molecule has 0 aromatic carbocycles. The fourth-order valence-corrected chi connectivity index (χ4v) is 1.49. The fraction of sp³-hybridized carbons (Fsp3) is 0.692. The molecule has 3 heteroatoms. The van der Waals surface area contributed by atoms with E-state index in [1.54, 1.807) is 12.5 Å². The molecule has 0 aliphatic rings. The minimum absolute atomic E-state index is 0.793. The van der Waals surface area contributed by atoms with Gasteiger partial charge >= 0.3 is 0 Å². The van der Waals surface area contributed by atoms with Crippen LogP contribution in [0.4, 0.5) is 0 Å². The highest BCUT2D eigenvalue weighted by Crippen LogP contribution is 2.00. The van der Waals surface area contributed by atoms with Gasteiger partial charge in [0, 0.05) is 25.2 Å². The normalized spacial score (nSPS) is 11.6. The van der Waals surface area contributed by atoms with Crippen molar-refractivity contribution in [3.8, 4) is 0 Å². The van der Waals surface area contributed by atoms with Gasteiger partial charge in [0.15, 0.2) is 0 Å². The second kappa shape index (κ2) is 7.47. The molecule has 1 aromatic rings. The Morgan fingerprint density at radius 1 is 1.38 bits per heavy atom. The maximum Gasteiger partial charge on any atom is 0.0947 e. The summed E-state index contributed by atoms with van der Waals surface area (Å²) in [4.78, 5) is 2.38. The van der Waals surface area contributed by atoms with Gasteiger partial charge in [-0.3, -0.25) is 0 Å². The summed E-state index contributed by atoms with van der Waals surface area (Å²) in [5.74, 6) is 0.793. The van der Waals surface area contributed by atoms with E-state index in [9.17, 15) is 0 Å². The summed E-state index contributed by atoms with van der Waals surface area (Å²) in [5, 5.41) is 3.40. The van der Waals surface area contributed by atoms with Crippen LogP contribution in [0, 0.1) is 5.92 Å². The molecule has 0 fully saturated rings. The van der Waals surface area contributed by atoms with Gasteiger partial charge in [0.25, 0.3) is 0 Å². The molecule has 0 bridgehead atoms. The van der Waals surface area contributed by atoms with E-state index in [0.717, 1.165) is 25.6 Å². The topological polar surface area (TPSA) is 28.4 Å². The van der Waals surface area contributed by atoms with E-state index in [1.165, 1.54) is 18.5 Å². The summed E-state index contributed by atoms with van der Waals surface area (Å²) in [6.45, 7) is 8.75. The molecule has 0 aliphatic carbocycles. The molecule has 0 radical (unpaired) electrons. The van der Waals surface area contributed by atoms with Gasteiger partial charge in [-0.25, -0.2) is 0 Å². The molecule has 0 saturated heterocycles. The van der Waals surface area contributed by atoms with Crippen molar-refractivity contribution < 1.29 is 4.42 Å². The number of furan rings is 1. The average molecular weight is 224 g/mol. The van der Waals surface area contributed by atoms with E-state index in [4.69, 9.17) is 4.42 Å². The Kier molecular flexibility index (Phi) is 6.19. The van der Waals surface area contributed by atoms with Crippen molar-refractivity contribution >= 4 is 0 Å². The minimum Gasteiger partial charge on any atom is -0.472 e. The summed E-state index contributed by atoms with van der Waals surface area (Å²) < 4.78 is 5.01. The van der Waals surface area contributed by atoms with Gasteiger partial charge in [0.05, 0.1) is 12.5 Å². The number of nitrogens with zero attached hydrogens (tertiary/aromatic N) is 1. The lowest BCUT2D eigenvalue weighted by Gasteiger charge is -2.17. The van der Waals surface area contributed by atoms with Crippen LogP contribution in [0.5, 0.6) is 0 Å². The second-order valence-electron chi connectivity index (χ2n) is 4.79. The highest BCUT2D eigenvalue weighted by atomic mass is 16.3. The molecule has 0 saturated carbocycles. The van der Waals surface area contributed by atoms with E-state index in [0.29, 0.717) is 0 Å². The molecule has 0 unspecified atom stereocenters. The van der Waals surface area contributed by atoms with Crippen molar-refractivity contribution in [2.45, 2.75) is 26.8 Å². The number of nitrogens with one attached hydrogen (secondary N) is 1. The lowest BCUT2D eigenvalue weighted by Crippen LogP contribution is -2.30. The Hall–Kier alpha value is -0.800. The Morgan fingerprint density at radius 2 is 2.19 bits per heavy atom. The zero-order valence-electron chi connectivity index (χ0n) is 10.7. The molecule has 1 heterocycles. The van der Waals surface area contributed by atoms with E-state index in [2.05, 4.69) is 31.1 Å². The summed E-state index contributed by atoms with van der Waals surface area (Å²) in [7, 11) is 2.18. The maximum atomic E-state index is 5.01. The van der Waals surface area contributed by atoms with Gasteiger partial charge in [0.1, 0.15) is 0 Å². The summed E-state index contributed by atoms with van der Waals surface area (Å²) >= 11 is 0. The lowest BCUT2D eigenvalue weighted by molar-refractivity contribution is 0.308. The molecule has 0 atom stereocenters. The lowest BCUT2D eigenvalue weighted by atomic mass is 10.1. The second-order valence-corrected chi connectivity index (χ2v) is 4.79. The van der Waals surface area contributed by atoms with Crippen LogP contribution in [0.2, 0.25) is 0 Å². The first-order valence-corrected chi connectivity index (χ1v) is 6.09. The Labute approximate surface area is 98.8 Å². The predicted octanol–water partition coefficient (Wildman–Crippen LogP) is 2.35. The fourth-order valence-electron chi connectivity index (χ4n) is 1.49. The van der Waals surface area contributed by atoms with Crippen LogP contribution in [0.1, 0.15) is 25.8 Å². The van der Waals surface area contributed by atoms with E-state index in [1.807, 2.05) is 6.07 Å². The molecule has 1 aromatic heterocycles. The van der Waals surface area contributed by atoms with Crippen LogP contribution in [-0.2, 0) is 6.54 Å². The van der Waals surface area contributed by atoms with Crippen LogP contribution >= 0.6 is 0 Å². The van der Waals surface area contributed by atoms with Crippen molar-refractivity contribution in [1.29, 1.82) is 0 Å². The van der Waals surface area contributed by atoms with Gasteiger partial charge in [0.2, 0.25) is 0 Å². The molecule has 16 heavy (non-hydrogen) atoms. The van der Waals surface area contributed by atoms with Gasteiger partial charge in [-0.15, -0.1) is 0 Å². The molecule has 1 N–H and O–H groups in total. The van der Waals surface area contributed by atoms with E-state index < -0.39 is 0 Å². The van der Waals surface area contributed by atoms with Gasteiger partial charge in [-0.2, -0.15) is 0 Å². The number of rotatable bonds is 8. The molecular weight excluding hydrogens is 200 g/mol. The largest absolute Gasteiger partial charge is 0.472 e. The number of hydrogen-bond acceptors (Lipinski definition) is 3. The molecule has 1 rings (SSSR count). The summed E-state index contributed by atoms with van der Waals surface area (Å²) in [6, 6.07) is 2.00. The smallest absolute Gasteiger partial charge is 0.0947 e. The van der Waals surface area contributed by atoms with Gasteiger partial charge < -0.3 is 14.6 Å². The molecular formula is C13H24N2O. The SMILES string of the molecule is CC(C)CCN(C)CCNCc1ccoc1. The molecule has 0 spiro atoms. The average Bonchev–Trinajstić information content (AvgIpc) is 2.74. The Balaban J connectivity index is 1.98. The van der Waals surface area contributed by atoms with Gasteiger partial charge in [-0.1, -0.05) is 13.8 Å². The van der Waals surface area contributed by atoms with Crippen molar-refractivity contribution in [2.24, 2.45) is 5.92 Å². The van der Waals surface area contributed by atoms with Crippen molar-refractivity contribution in [3.05, 3.63) is 24.2 Å². The third kappa shape index (κ3) is 5.93. The zero-order valence-corrected chi connectivity index (χ0v) is 10.7. The molecule has 3 nitrogen and oxygen atoms in total. The summed E-state index contributed by atoms with van der Waals surface area (Å²) in [5.41, 5.74) is 1.21. The maximum absolute atomic E-state index is 5.01. The van der Waals surface area contributed by atoms with Crippen LogP contribution in [0.25, 0.3) is 0 Å². The van der Waals surface area contributed by atoms with Crippen LogP contribution in [-0.4, -0.2) is 31.6 Å². The first kappa shape index (κ1) is 13.3. The first-order chi connectivity index (χ1) is 7.68. The third-order valence-corrected chi connectivity index (χ3v) is 2.67. The van der Waals surface area contributed by atoms with E-state index >= 15 is 0 Å². The minimum atomic E-state index is 0.793. The monoisotopic (exact) mass is 224 g/mol. The van der Waals surface area contributed by atoms with Crippen LogP contribution in [0.15, 0.2) is 23.0 Å². The standard InChI is InChI=1S/C13H24N2O/c1-12(2)4-7-15(3)8-6-14-10-13-5-9-16-11-13/h5,9,11-12,14H,4,6-8,10H2,1-3H3. The third-order valence-electron chi connectivity index (χ3n) is 2.67. The molecule has 92 valence electrons. The van der Waals surface area contributed by atoms with Crippen molar-refractivity contribution in [1.82, 2.24) is 10.2 Å². The Bertz CT molecular complexity index is 257. The predicted molar refractivity (Wildman–Crippen MR) is 67.4 cm³/mol. The van der Waals surface area contributed by atoms with E-state index in [-0.39, 0.29) is 0 Å². The van der Waals surface area contributed by atoms with Crippen molar-refractivity contribution in [2.75, 3.05) is 26.7 Å². The Morgan fingerprint density at radius 3 is 2.81 bits per heavy atom. The van der Waals surface area contributed by atoms with Crippen LogP contribution < -0.4 is 5.32 Å². The van der Waals surface area contributed by atoms with Gasteiger partial charge in [-0.05, 0) is 32.0 Å². The zero-order chi connectivity index (χ0) is 11.8. The highest BCUT2D eigenvalue weighted by Gasteiger charge is 2.00. The molecule has 0 amide bonds. The van der Waals surface area contributed by atoms with Crippen LogP contribution in [0.3, 0.4) is 0 Å². The number of hydrogen-bond donors (Lipinski definition) is 1. The molecule has 0 aliphatic heterocycles. The highest BCUT2D eigenvalue weighted by molar-refractivity contribution is 5.04. The van der Waals surface area contributed by atoms with Crippen molar-refractivity contribution in [3.63, 3.8) is 0 Å².